The highest BCUT2D eigenvalue weighted by molar-refractivity contribution is 7.07. The normalized spacial score (nSPS) is 12.8. The standard InChI is InChI=1S/C13H21N3O3S/c1-13(2,3)10(5-11(17)18)15-12(19)16(4)6-9-7-20-8-14-9/h7-8,10H,5-6H2,1-4H3,(H,15,19)(H,17,18). The van der Waals surface area contributed by atoms with Crippen LogP contribution in [0.3, 0.4) is 0 Å². The van der Waals surface area contributed by atoms with Crippen molar-refractivity contribution < 1.29 is 14.7 Å². The molecule has 0 bridgehead atoms. The highest BCUT2D eigenvalue weighted by Crippen LogP contribution is 2.22. The zero-order chi connectivity index (χ0) is 15.3. The Kier molecular flexibility index (Phi) is 5.50. The molecule has 1 heterocycles. The maximum atomic E-state index is 12.1. The van der Waals surface area contributed by atoms with Crippen LogP contribution in [0.4, 0.5) is 4.79 Å². The van der Waals surface area contributed by atoms with Gasteiger partial charge >= 0.3 is 12.0 Å². The van der Waals surface area contributed by atoms with Gasteiger partial charge in [0.1, 0.15) is 0 Å². The Bertz CT molecular complexity index is 454. The lowest BCUT2D eigenvalue weighted by atomic mass is 9.85. The largest absolute Gasteiger partial charge is 0.481 e. The van der Waals surface area contributed by atoms with Gasteiger partial charge in [-0.25, -0.2) is 9.78 Å². The number of nitrogens with zero attached hydrogens (tertiary/aromatic N) is 2. The Hall–Kier alpha value is -1.63. The van der Waals surface area contributed by atoms with Crippen molar-refractivity contribution in [2.45, 2.75) is 39.8 Å². The van der Waals surface area contributed by atoms with Crippen molar-refractivity contribution >= 4 is 23.3 Å². The Morgan fingerprint density at radius 3 is 2.60 bits per heavy atom. The predicted octanol–water partition coefficient (Wildman–Crippen LogP) is 2.17. The fourth-order valence-corrected chi connectivity index (χ4v) is 2.19. The first-order chi connectivity index (χ1) is 9.20. The molecule has 0 aliphatic heterocycles. The van der Waals surface area contributed by atoms with Crippen molar-refractivity contribution in [2.75, 3.05) is 7.05 Å². The van der Waals surface area contributed by atoms with E-state index in [0.29, 0.717) is 6.54 Å². The molecule has 0 radical (unpaired) electrons. The van der Waals surface area contributed by atoms with E-state index in [1.807, 2.05) is 26.2 Å². The number of aliphatic carboxylic acids is 1. The van der Waals surface area contributed by atoms with Gasteiger partial charge in [0, 0.05) is 18.5 Å². The van der Waals surface area contributed by atoms with Crippen molar-refractivity contribution in [3.63, 3.8) is 0 Å². The topological polar surface area (TPSA) is 82.5 Å². The average Bonchev–Trinajstić information content (AvgIpc) is 2.78. The number of hydrogen-bond donors (Lipinski definition) is 2. The average molecular weight is 299 g/mol. The summed E-state index contributed by atoms with van der Waals surface area (Å²) in [5, 5.41) is 13.6. The molecule has 0 fully saturated rings. The van der Waals surface area contributed by atoms with E-state index in [0.717, 1.165) is 5.69 Å². The third-order valence-electron chi connectivity index (χ3n) is 2.95. The van der Waals surface area contributed by atoms with Gasteiger partial charge in [0.2, 0.25) is 0 Å². The number of carbonyl (C=O) groups excluding carboxylic acids is 1. The van der Waals surface area contributed by atoms with Crippen LogP contribution < -0.4 is 5.32 Å². The van der Waals surface area contributed by atoms with E-state index >= 15 is 0 Å². The first-order valence-electron chi connectivity index (χ1n) is 6.30. The molecule has 0 aliphatic carbocycles. The van der Waals surface area contributed by atoms with Gasteiger partial charge in [-0.3, -0.25) is 4.79 Å². The Balaban J connectivity index is 2.63. The van der Waals surface area contributed by atoms with E-state index in [-0.39, 0.29) is 17.9 Å². The molecule has 7 heteroatoms. The monoisotopic (exact) mass is 299 g/mol. The first kappa shape index (κ1) is 16.4. The van der Waals surface area contributed by atoms with Crippen LogP contribution in [0.25, 0.3) is 0 Å². The summed E-state index contributed by atoms with van der Waals surface area (Å²) in [7, 11) is 1.66. The zero-order valence-electron chi connectivity index (χ0n) is 12.2. The van der Waals surface area contributed by atoms with E-state index in [1.54, 1.807) is 12.6 Å². The number of carbonyl (C=O) groups is 2. The van der Waals surface area contributed by atoms with Crippen LogP contribution in [-0.2, 0) is 11.3 Å². The van der Waals surface area contributed by atoms with E-state index in [9.17, 15) is 9.59 Å². The molecule has 1 unspecified atom stereocenters. The molecule has 1 atom stereocenters. The number of carboxylic acid groups (broad SMARTS) is 1. The van der Waals surface area contributed by atoms with Crippen molar-refractivity contribution in [3.05, 3.63) is 16.6 Å². The molecule has 2 amide bonds. The molecule has 0 saturated heterocycles. The molecular formula is C13H21N3O3S. The summed E-state index contributed by atoms with van der Waals surface area (Å²) in [5.74, 6) is -0.924. The van der Waals surface area contributed by atoms with Gasteiger partial charge in [0.15, 0.2) is 0 Å². The number of hydrogen-bond acceptors (Lipinski definition) is 4. The summed E-state index contributed by atoms with van der Waals surface area (Å²) in [6.45, 7) is 6.11. The Labute approximate surface area is 122 Å². The molecule has 0 saturated carbocycles. The van der Waals surface area contributed by atoms with Crippen molar-refractivity contribution in [2.24, 2.45) is 5.41 Å². The van der Waals surface area contributed by atoms with Crippen LogP contribution in [-0.4, -0.2) is 40.1 Å². The van der Waals surface area contributed by atoms with E-state index in [1.165, 1.54) is 16.2 Å². The maximum absolute atomic E-state index is 12.1. The zero-order valence-corrected chi connectivity index (χ0v) is 13.0. The van der Waals surface area contributed by atoms with Crippen molar-refractivity contribution in [1.29, 1.82) is 0 Å². The molecule has 6 nitrogen and oxygen atoms in total. The summed E-state index contributed by atoms with van der Waals surface area (Å²) in [6.07, 6.45) is -0.0974. The predicted molar refractivity (Wildman–Crippen MR) is 77.6 cm³/mol. The minimum atomic E-state index is -0.924. The number of rotatable bonds is 5. The molecule has 0 aliphatic rings. The molecule has 1 aromatic rings. The van der Waals surface area contributed by atoms with Crippen LogP contribution in [0, 0.1) is 5.41 Å². The van der Waals surface area contributed by atoms with Gasteiger partial charge in [-0.1, -0.05) is 20.8 Å². The number of thiazole rings is 1. The summed E-state index contributed by atoms with van der Waals surface area (Å²) in [5.41, 5.74) is 2.21. The molecule has 1 aromatic heterocycles. The van der Waals surface area contributed by atoms with Gasteiger partial charge in [-0.15, -0.1) is 11.3 Å². The third kappa shape index (κ3) is 5.16. The van der Waals surface area contributed by atoms with Gasteiger partial charge in [-0.05, 0) is 5.41 Å². The van der Waals surface area contributed by atoms with Crippen LogP contribution in [0.5, 0.6) is 0 Å². The molecule has 0 aromatic carbocycles. The van der Waals surface area contributed by atoms with Crippen LogP contribution in [0.2, 0.25) is 0 Å². The highest BCUT2D eigenvalue weighted by Gasteiger charge is 2.29. The second-order valence-corrected chi connectivity index (χ2v) is 6.52. The van der Waals surface area contributed by atoms with Crippen LogP contribution in [0.1, 0.15) is 32.9 Å². The number of carboxylic acids is 1. The summed E-state index contributed by atoms with van der Waals surface area (Å²) < 4.78 is 0. The second-order valence-electron chi connectivity index (χ2n) is 5.80. The lowest BCUT2D eigenvalue weighted by molar-refractivity contribution is -0.138. The molecule has 20 heavy (non-hydrogen) atoms. The molecule has 1 rings (SSSR count). The quantitative estimate of drug-likeness (QED) is 0.873. The van der Waals surface area contributed by atoms with E-state index in [4.69, 9.17) is 5.11 Å². The van der Waals surface area contributed by atoms with E-state index in [2.05, 4.69) is 10.3 Å². The Morgan fingerprint density at radius 1 is 1.50 bits per heavy atom. The Morgan fingerprint density at radius 2 is 2.15 bits per heavy atom. The fraction of sp³-hybridized carbons (Fsp3) is 0.615. The lowest BCUT2D eigenvalue weighted by Crippen LogP contribution is -2.49. The number of nitrogens with one attached hydrogen (secondary N) is 1. The molecule has 0 spiro atoms. The maximum Gasteiger partial charge on any atom is 0.317 e. The van der Waals surface area contributed by atoms with Crippen LogP contribution >= 0.6 is 11.3 Å². The van der Waals surface area contributed by atoms with Crippen LogP contribution in [0.15, 0.2) is 10.9 Å². The third-order valence-corrected chi connectivity index (χ3v) is 3.59. The minimum Gasteiger partial charge on any atom is -0.481 e. The van der Waals surface area contributed by atoms with Gasteiger partial charge in [0.25, 0.3) is 0 Å². The molecule has 2 N–H and O–H groups in total. The summed E-state index contributed by atoms with van der Waals surface area (Å²) in [6, 6.07) is -0.718. The van der Waals surface area contributed by atoms with Gasteiger partial charge < -0.3 is 15.3 Å². The lowest BCUT2D eigenvalue weighted by Gasteiger charge is -2.32. The number of aromatic nitrogens is 1. The van der Waals surface area contributed by atoms with Gasteiger partial charge in [-0.2, -0.15) is 0 Å². The smallest absolute Gasteiger partial charge is 0.317 e. The van der Waals surface area contributed by atoms with E-state index < -0.39 is 12.0 Å². The van der Waals surface area contributed by atoms with Crippen molar-refractivity contribution in [3.8, 4) is 0 Å². The summed E-state index contributed by atoms with van der Waals surface area (Å²) in [4.78, 5) is 28.6. The van der Waals surface area contributed by atoms with Crippen molar-refractivity contribution in [1.82, 2.24) is 15.2 Å². The number of urea groups is 1. The first-order valence-corrected chi connectivity index (χ1v) is 7.25. The molecule has 112 valence electrons. The SMILES string of the molecule is CN(Cc1cscn1)C(=O)NC(CC(=O)O)C(C)(C)C. The fourth-order valence-electron chi connectivity index (χ4n) is 1.64. The minimum absolute atomic E-state index is 0.0974. The van der Waals surface area contributed by atoms with Gasteiger partial charge in [0.05, 0.1) is 24.2 Å². The summed E-state index contributed by atoms with van der Waals surface area (Å²) >= 11 is 1.47. The second kappa shape index (κ2) is 6.69. The highest BCUT2D eigenvalue weighted by atomic mass is 32.1. The molecular weight excluding hydrogens is 278 g/mol. The number of amides is 2.